The number of piperidine rings is 1. The quantitative estimate of drug-likeness (QED) is 0.465. The van der Waals surface area contributed by atoms with Crippen molar-refractivity contribution in [1.82, 2.24) is 15.1 Å². The second-order valence-corrected chi connectivity index (χ2v) is 9.89. The fraction of sp³-hybridized carbons (Fsp3) is 0.310. The van der Waals surface area contributed by atoms with Gasteiger partial charge in [-0.3, -0.25) is 4.90 Å². The van der Waals surface area contributed by atoms with Crippen molar-refractivity contribution in [2.24, 2.45) is 0 Å². The minimum atomic E-state index is -0.435. The SMILES string of the molecule is CC(NC(=S)N1CCC2(CC1)CN(Cc1ccccc1-c1ccccc1)C(=O)O2)c1ccccc1. The van der Waals surface area contributed by atoms with Crippen LogP contribution in [-0.4, -0.2) is 46.2 Å². The maximum absolute atomic E-state index is 12.9. The monoisotopic (exact) mass is 485 g/mol. The van der Waals surface area contributed by atoms with Crippen LogP contribution in [0.15, 0.2) is 84.9 Å². The molecule has 180 valence electrons. The van der Waals surface area contributed by atoms with Gasteiger partial charge < -0.3 is 15.0 Å². The van der Waals surface area contributed by atoms with Gasteiger partial charge in [0, 0.05) is 32.5 Å². The summed E-state index contributed by atoms with van der Waals surface area (Å²) in [7, 11) is 0. The number of nitrogens with one attached hydrogen (secondary N) is 1. The lowest BCUT2D eigenvalue weighted by molar-refractivity contribution is 0.0145. The predicted molar refractivity (Wildman–Crippen MR) is 143 cm³/mol. The molecule has 1 atom stereocenters. The number of carbonyl (C=O) groups excluding carboxylic acids is 1. The predicted octanol–water partition coefficient (Wildman–Crippen LogP) is 5.78. The first kappa shape index (κ1) is 23.4. The van der Waals surface area contributed by atoms with E-state index in [0.717, 1.165) is 47.7 Å². The van der Waals surface area contributed by atoms with Gasteiger partial charge in [0.05, 0.1) is 12.6 Å². The average Bonchev–Trinajstić information content (AvgIpc) is 3.19. The highest BCUT2D eigenvalue weighted by atomic mass is 32.1. The van der Waals surface area contributed by atoms with Crippen molar-refractivity contribution in [3.63, 3.8) is 0 Å². The molecule has 0 aromatic heterocycles. The molecule has 2 saturated heterocycles. The van der Waals surface area contributed by atoms with E-state index < -0.39 is 5.60 Å². The fourth-order valence-electron chi connectivity index (χ4n) is 5.06. The van der Waals surface area contributed by atoms with Gasteiger partial charge in [0.25, 0.3) is 0 Å². The Morgan fingerprint density at radius 3 is 2.31 bits per heavy atom. The number of nitrogens with zero attached hydrogens (tertiary/aromatic N) is 2. The van der Waals surface area contributed by atoms with Gasteiger partial charge in [-0.25, -0.2) is 4.79 Å². The fourth-order valence-corrected chi connectivity index (χ4v) is 5.42. The van der Waals surface area contributed by atoms with Crippen LogP contribution in [0.4, 0.5) is 4.79 Å². The van der Waals surface area contributed by atoms with Crippen LogP contribution in [0.1, 0.15) is 36.9 Å². The van der Waals surface area contributed by atoms with E-state index in [0.29, 0.717) is 13.1 Å². The molecular formula is C29H31N3O2S. The Morgan fingerprint density at radius 1 is 0.971 bits per heavy atom. The highest BCUT2D eigenvalue weighted by Gasteiger charge is 2.47. The van der Waals surface area contributed by atoms with Gasteiger partial charge >= 0.3 is 6.09 Å². The van der Waals surface area contributed by atoms with Crippen LogP contribution >= 0.6 is 12.2 Å². The third kappa shape index (κ3) is 5.17. The average molecular weight is 486 g/mol. The maximum Gasteiger partial charge on any atom is 0.410 e. The normalized spacial score (nSPS) is 17.8. The molecule has 3 aromatic carbocycles. The van der Waals surface area contributed by atoms with Crippen molar-refractivity contribution in [3.8, 4) is 11.1 Å². The Hall–Kier alpha value is -3.38. The van der Waals surface area contributed by atoms with Crippen LogP contribution in [0.25, 0.3) is 11.1 Å². The first-order chi connectivity index (χ1) is 17.0. The molecule has 2 heterocycles. The van der Waals surface area contributed by atoms with Crippen LogP contribution in [0.2, 0.25) is 0 Å². The van der Waals surface area contributed by atoms with E-state index in [1.165, 1.54) is 5.56 Å². The molecule has 1 amide bonds. The van der Waals surface area contributed by atoms with E-state index in [1.54, 1.807) is 0 Å². The topological polar surface area (TPSA) is 44.8 Å². The minimum absolute atomic E-state index is 0.143. The van der Waals surface area contributed by atoms with Crippen LogP contribution in [0, 0.1) is 0 Å². The molecular weight excluding hydrogens is 454 g/mol. The summed E-state index contributed by atoms with van der Waals surface area (Å²) in [5, 5.41) is 4.21. The molecule has 1 unspecified atom stereocenters. The number of hydrogen-bond acceptors (Lipinski definition) is 3. The number of thiocarbonyl (C=S) groups is 1. The van der Waals surface area contributed by atoms with Gasteiger partial charge in [-0.1, -0.05) is 84.9 Å². The number of likely N-dealkylation sites (tertiary alicyclic amines) is 1. The maximum atomic E-state index is 12.9. The van der Waals surface area contributed by atoms with Crippen molar-refractivity contribution < 1.29 is 9.53 Å². The third-order valence-electron chi connectivity index (χ3n) is 7.11. The van der Waals surface area contributed by atoms with Crippen molar-refractivity contribution in [2.45, 2.75) is 38.0 Å². The largest absolute Gasteiger partial charge is 0.441 e. The van der Waals surface area contributed by atoms with Gasteiger partial charge in [0.15, 0.2) is 5.11 Å². The summed E-state index contributed by atoms with van der Waals surface area (Å²) in [5.41, 5.74) is 4.21. The van der Waals surface area contributed by atoms with Gasteiger partial charge in [0.2, 0.25) is 0 Å². The van der Waals surface area contributed by atoms with E-state index in [1.807, 2.05) is 53.4 Å². The Kier molecular flexibility index (Phi) is 6.73. The van der Waals surface area contributed by atoms with Crippen LogP contribution < -0.4 is 5.32 Å². The molecule has 0 bridgehead atoms. The van der Waals surface area contributed by atoms with Crippen LogP contribution in [0.5, 0.6) is 0 Å². The van der Waals surface area contributed by atoms with E-state index in [-0.39, 0.29) is 12.1 Å². The molecule has 5 rings (SSSR count). The number of carbonyl (C=O) groups is 1. The molecule has 2 aliphatic rings. The van der Waals surface area contributed by atoms with Crippen LogP contribution in [-0.2, 0) is 11.3 Å². The molecule has 0 aliphatic carbocycles. The van der Waals surface area contributed by atoms with Gasteiger partial charge in [-0.15, -0.1) is 0 Å². The molecule has 2 fully saturated rings. The van der Waals surface area contributed by atoms with E-state index in [4.69, 9.17) is 17.0 Å². The van der Waals surface area contributed by atoms with Gasteiger partial charge in [-0.05, 0) is 41.4 Å². The lowest BCUT2D eigenvalue weighted by atomic mass is 9.91. The number of amides is 1. The highest BCUT2D eigenvalue weighted by molar-refractivity contribution is 7.80. The zero-order chi connectivity index (χ0) is 24.3. The molecule has 3 aromatic rings. The molecule has 35 heavy (non-hydrogen) atoms. The second kappa shape index (κ2) is 10.1. The summed E-state index contributed by atoms with van der Waals surface area (Å²) in [5.74, 6) is 0. The molecule has 1 N–H and O–H groups in total. The first-order valence-electron chi connectivity index (χ1n) is 12.2. The summed E-state index contributed by atoms with van der Waals surface area (Å²) in [6.07, 6.45) is 1.33. The van der Waals surface area contributed by atoms with Crippen molar-refractivity contribution in [3.05, 3.63) is 96.1 Å². The Labute approximate surface area is 212 Å². The number of ether oxygens (including phenoxy) is 1. The van der Waals surface area contributed by atoms with E-state index >= 15 is 0 Å². The zero-order valence-electron chi connectivity index (χ0n) is 20.0. The number of benzene rings is 3. The second-order valence-electron chi connectivity index (χ2n) is 9.50. The third-order valence-corrected chi connectivity index (χ3v) is 7.48. The Bertz CT molecular complexity index is 1180. The zero-order valence-corrected chi connectivity index (χ0v) is 20.8. The molecule has 0 radical (unpaired) electrons. The molecule has 1 spiro atoms. The lowest BCUT2D eigenvalue weighted by Crippen LogP contribution is -2.51. The molecule has 0 saturated carbocycles. The first-order valence-corrected chi connectivity index (χ1v) is 12.7. The highest BCUT2D eigenvalue weighted by Crippen LogP contribution is 2.35. The van der Waals surface area contributed by atoms with Crippen LogP contribution in [0.3, 0.4) is 0 Å². The van der Waals surface area contributed by atoms with Crippen molar-refractivity contribution >= 4 is 23.4 Å². The summed E-state index contributed by atoms with van der Waals surface area (Å²) >= 11 is 5.70. The van der Waals surface area contributed by atoms with Crippen molar-refractivity contribution in [1.29, 1.82) is 0 Å². The number of rotatable bonds is 5. The molecule has 2 aliphatic heterocycles. The summed E-state index contributed by atoms with van der Waals surface area (Å²) < 4.78 is 6.00. The summed E-state index contributed by atoms with van der Waals surface area (Å²) in [6, 6.07) is 29.0. The lowest BCUT2D eigenvalue weighted by Gasteiger charge is -2.39. The molecule has 6 heteroatoms. The number of hydrogen-bond donors (Lipinski definition) is 1. The van der Waals surface area contributed by atoms with E-state index in [9.17, 15) is 4.79 Å². The van der Waals surface area contributed by atoms with Crippen molar-refractivity contribution in [2.75, 3.05) is 19.6 Å². The smallest absolute Gasteiger partial charge is 0.410 e. The van der Waals surface area contributed by atoms with Gasteiger partial charge in [0.1, 0.15) is 5.60 Å². The standard InChI is InChI=1S/C29H31N3O2S/c1-22(23-10-4-2-5-11-23)30-27(35)31-18-16-29(17-19-31)21-32(28(33)34-29)20-25-14-8-9-15-26(25)24-12-6-3-7-13-24/h2-15,22H,16-21H2,1H3,(H,30,35). The van der Waals surface area contributed by atoms with E-state index in [2.05, 4.69) is 53.5 Å². The summed E-state index contributed by atoms with van der Waals surface area (Å²) in [6.45, 7) is 4.83. The Morgan fingerprint density at radius 2 is 1.60 bits per heavy atom. The van der Waals surface area contributed by atoms with Gasteiger partial charge in [-0.2, -0.15) is 0 Å². The Balaban J connectivity index is 1.20. The summed E-state index contributed by atoms with van der Waals surface area (Å²) in [4.78, 5) is 16.9. The minimum Gasteiger partial charge on any atom is -0.441 e. The molecule has 5 nitrogen and oxygen atoms in total.